The van der Waals surface area contributed by atoms with Crippen LogP contribution in [0.2, 0.25) is 0 Å². The maximum Gasteiger partial charge on any atom is 0.159 e. The number of hydrogen-bond donors (Lipinski definition) is 1. The molecule has 2 heteroatoms. The van der Waals surface area contributed by atoms with Gasteiger partial charge in [0.15, 0.2) is 6.73 Å². The molecular formula is C10H13NO. The highest BCUT2D eigenvalue weighted by Gasteiger charge is 2.20. The predicted octanol–water partition coefficient (Wildman–Crippen LogP) is 1.93. The molecule has 1 N–H and O–H groups in total. The average Bonchev–Trinajstić information content (AvgIpc) is 2.31. The molecule has 0 bridgehead atoms. The van der Waals surface area contributed by atoms with Crippen LogP contribution in [0.25, 0.3) is 0 Å². The van der Waals surface area contributed by atoms with Crippen molar-refractivity contribution in [2.75, 3.05) is 6.73 Å². The standard InChI is InChI=1S/C10H13NO/c1-10(2)5-3-4-9-8(6-10)11-7-12-9/h3-6,11H,7H2,1-2H3. The second-order valence-corrected chi connectivity index (χ2v) is 3.73. The SMILES string of the molecule is CC1(C)C=CC=C2OCNC2=C1. The first-order chi connectivity index (χ1) is 5.67. The summed E-state index contributed by atoms with van der Waals surface area (Å²) in [4.78, 5) is 0. The largest absolute Gasteiger partial charge is 0.471 e. The first-order valence-corrected chi connectivity index (χ1v) is 4.17. The third-order valence-electron chi connectivity index (χ3n) is 2.05. The van der Waals surface area contributed by atoms with Gasteiger partial charge in [-0.2, -0.15) is 0 Å². The van der Waals surface area contributed by atoms with Gasteiger partial charge < -0.3 is 10.1 Å². The average molecular weight is 163 g/mol. The molecule has 0 atom stereocenters. The Balaban J connectivity index is 2.40. The molecule has 2 nitrogen and oxygen atoms in total. The zero-order chi connectivity index (χ0) is 8.60. The molecule has 2 rings (SSSR count). The first kappa shape index (κ1) is 7.47. The number of ether oxygens (including phenoxy) is 1. The van der Waals surface area contributed by atoms with Gasteiger partial charge in [-0.15, -0.1) is 0 Å². The second kappa shape index (κ2) is 2.41. The van der Waals surface area contributed by atoms with Crippen LogP contribution in [0.5, 0.6) is 0 Å². The fraction of sp³-hybridized carbons (Fsp3) is 0.400. The van der Waals surface area contributed by atoms with E-state index in [2.05, 4.69) is 31.3 Å². The van der Waals surface area contributed by atoms with Crippen LogP contribution in [-0.4, -0.2) is 6.73 Å². The van der Waals surface area contributed by atoms with Crippen LogP contribution in [0.1, 0.15) is 13.8 Å². The van der Waals surface area contributed by atoms with Gasteiger partial charge in [-0.1, -0.05) is 26.0 Å². The maximum atomic E-state index is 5.36. The van der Waals surface area contributed by atoms with Crippen molar-refractivity contribution < 1.29 is 4.74 Å². The van der Waals surface area contributed by atoms with Crippen molar-refractivity contribution >= 4 is 0 Å². The molecular weight excluding hydrogens is 150 g/mol. The molecule has 2 aliphatic rings. The van der Waals surface area contributed by atoms with E-state index in [0.717, 1.165) is 11.5 Å². The lowest BCUT2D eigenvalue weighted by Gasteiger charge is -2.13. The van der Waals surface area contributed by atoms with Gasteiger partial charge in [-0.3, -0.25) is 0 Å². The molecule has 0 unspecified atom stereocenters. The van der Waals surface area contributed by atoms with Gasteiger partial charge in [-0.25, -0.2) is 0 Å². The van der Waals surface area contributed by atoms with Crippen molar-refractivity contribution in [1.29, 1.82) is 0 Å². The summed E-state index contributed by atoms with van der Waals surface area (Å²) in [5, 5.41) is 3.18. The summed E-state index contributed by atoms with van der Waals surface area (Å²) in [7, 11) is 0. The number of nitrogens with one attached hydrogen (secondary N) is 1. The molecule has 1 saturated heterocycles. The lowest BCUT2D eigenvalue weighted by atomic mass is 9.92. The predicted molar refractivity (Wildman–Crippen MR) is 48.2 cm³/mol. The van der Waals surface area contributed by atoms with Crippen molar-refractivity contribution in [2.24, 2.45) is 5.41 Å². The monoisotopic (exact) mass is 163 g/mol. The van der Waals surface area contributed by atoms with Crippen LogP contribution >= 0.6 is 0 Å². The van der Waals surface area contributed by atoms with Gasteiger partial charge in [0.2, 0.25) is 0 Å². The van der Waals surface area contributed by atoms with Crippen LogP contribution in [0.15, 0.2) is 35.8 Å². The highest BCUT2D eigenvalue weighted by atomic mass is 16.5. The van der Waals surface area contributed by atoms with Crippen molar-refractivity contribution in [3.8, 4) is 0 Å². The molecule has 1 heterocycles. The maximum absolute atomic E-state index is 5.36. The van der Waals surface area contributed by atoms with Crippen LogP contribution in [0, 0.1) is 5.41 Å². The Morgan fingerprint density at radius 3 is 3.17 bits per heavy atom. The molecule has 0 spiro atoms. The van der Waals surface area contributed by atoms with Crippen molar-refractivity contribution in [3.63, 3.8) is 0 Å². The Morgan fingerprint density at radius 2 is 2.33 bits per heavy atom. The Morgan fingerprint density at radius 1 is 1.50 bits per heavy atom. The summed E-state index contributed by atoms with van der Waals surface area (Å²) >= 11 is 0. The first-order valence-electron chi connectivity index (χ1n) is 4.17. The normalized spacial score (nSPS) is 24.5. The van der Waals surface area contributed by atoms with Crippen LogP contribution in [0.4, 0.5) is 0 Å². The summed E-state index contributed by atoms with van der Waals surface area (Å²) in [6.07, 6.45) is 8.40. The van der Waals surface area contributed by atoms with E-state index < -0.39 is 0 Å². The number of rotatable bonds is 0. The molecule has 0 saturated carbocycles. The number of hydrogen-bond acceptors (Lipinski definition) is 2. The Bertz CT molecular complexity index is 284. The van der Waals surface area contributed by atoms with Crippen molar-refractivity contribution in [1.82, 2.24) is 5.32 Å². The molecule has 12 heavy (non-hydrogen) atoms. The van der Waals surface area contributed by atoms with Crippen molar-refractivity contribution in [3.05, 3.63) is 35.8 Å². The third kappa shape index (κ3) is 1.24. The highest BCUT2D eigenvalue weighted by molar-refractivity contribution is 5.36. The minimum atomic E-state index is 0.119. The number of fused-ring (bicyclic) bond motifs is 1. The Labute approximate surface area is 72.6 Å². The minimum absolute atomic E-state index is 0.119. The van der Waals surface area contributed by atoms with E-state index in [-0.39, 0.29) is 5.41 Å². The fourth-order valence-corrected chi connectivity index (χ4v) is 1.42. The lowest BCUT2D eigenvalue weighted by Crippen LogP contribution is -2.09. The van der Waals surface area contributed by atoms with E-state index in [1.54, 1.807) is 0 Å². The van der Waals surface area contributed by atoms with E-state index in [9.17, 15) is 0 Å². The van der Waals surface area contributed by atoms with Gasteiger partial charge in [-0.05, 0) is 12.2 Å². The summed E-state index contributed by atoms with van der Waals surface area (Å²) in [6, 6.07) is 0. The van der Waals surface area contributed by atoms with E-state index in [0.29, 0.717) is 6.73 Å². The highest BCUT2D eigenvalue weighted by Crippen LogP contribution is 2.28. The molecule has 0 aromatic heterocycles. The zero-order valence-electron chi connectivity index (χ0n) is 7.42. The van der Waals surface area contributed by atoms with Gasteiger partial charge in [0, 0.05) is 5.41 Å². The topological polar surface area (TPSA) is 21.3 Å². The van der Waals surface area contributed by atoms with Gasteiger partial charge in [0.25, 0.3) is 0 Å². The van der Waals surface area contributed by atoms with Gasteiger partial charge in [0.1, 0.15) is 5.76 Å². The summed E-state index contributed by atoms with van der Waals surface area (Å²) in [5.74, 6) is 0.955. The smallest absolute Gasteiger partial charge is 0.159 e. The second-order valence-electron chi connectivity index (χ2n) is 3.73. The van der Waals surface area contributed by atoms with Crippen LogP contribution in [-0.2, 0) is 4.74 Å². The van der Waals surface area contributed by atoms with E-state index >= 15 is 0 Å². The van der Waals surface area contributed by atoms with Crippen LogP contribution in [0.3, 0.4) is 0 Å². The summed E-state index contributed by atoms with van der Waals surface area (Å²) in [6.45, 7) is 4.95. The van der Waals surface area contributed by atoms with Crippen LogP contribution < -0.4 is 5.32 Å². The van der Waals surface area contributed by atoms with E-state index in [1.165, 1.54) is 0 Å². The molecule has 0 amide bonds. The zero-order valence-corrected chi connectivity index (χ0v) is 7.42. The summed E-state index contributed by atoms with van der Waals surface area (Å²) < 4.78 is 5.36. The Hall–Kier alpha value is -1.18. The van der Waals surface area contributed by atoms with Crippen molar-refractivity contribution in [2.45, 2.75) is 13.8 Å². The Kier molecular flexibility index (Phi) is 1.50. The molecule has 1 fully saturated rings. The molecule has 0 radical (unpaired) electrons. The molecule has 0 aromatic carbocycles. The molecule has 0 aromatic rings. The van der Waals surface area contributed by atoms with E-state index in [4.69, 9.17) is 4.74 Å². The summed E-state index contributed by atoms with van der Waals surface area (Å²) in [5.41, 5.74) is 1.24. The lowest BCUT2D eigenvalue weighted by molar-refractivity contribution is 0.255. The van der Waals surface area contributed by atoms with Gasteiger partial charge in [0.05, 0.1) is 5.70 Å². The fourth-order valence-electron chi connectivity index (χ4n) is 1.42. The quantitative estimate of drug-likeness (QED) is 0.589. The van der Waals surface area contributed by atoms with Gasteiger partial charge >= 0.3 is 0 Å². The third-order valence-corrected chi connectivity index (χ3v) is 2.05. The molecule has 1 aliphatic heterocycles. The minimum Gasteiger partial charge on any atom is -0.471 e. The molecule has 64 valence electrons. The van der Waals surface area contributed by atoms with E-state index in [1.807, 2.05) is 12.2 Å². The number of allylic oxidation sites excluding steroid dienone is 4. The molecule has 1 aliphatic carbocycles.